The van der Waals surface area contributed by atoms with Crippen molar-refractivity contribution in [2.45, 2.75) is 19.9 Å². The third-order valence-electron chi connectivity index (χ3n) is 3.56. The third kappa shape index (κ3) is 3.39. The van der Waals surface area contributed by atoms with Crippen molar-refractivity contribution in [1.82, 2.24) is 9.88 Å². The zero-order valence-electron chi connectivity index (χ0n) is 12.0. The lowest BCUT2D eigenvalue weighted by atomic mass is 10.2. The molecular formula is C14H22N4O2. The Hall–Kier alpha value is -1.82. The molecule has 0 aromatic carbocycles. The predicted molar refractivity (Wildman–Crippen MR) is 79.3 cm³/mol. The molecule has 1 saturated heterocycles. The highest BCUT2D eigenvalue weighted by atomic mass is 16.4. The molecule has 1 aliphatic rings. The molecule has 0 amide bonds. The van der Waals surface area contributed by atoms with Gasteiger partial charge in [0.25, 0.3) is 0 Å². The summed E-state index contributed by atoms with van der Waals surface area (Å²) >= 11 is 0. The van der Waals surface area contributed by atoms with Crippen LogP contribution in [0.2, 0.25) is 0 Å². The Kier molecular flexibility index (Phi) is 4.79. The van der Waals surface area contributed by atoms with E-state index >= 15 is 0 Å². The minimum Gasteiger partial charge on any atom is -0.480 e. The summed E-state index contributed by atoms with van der Waals surface area (Å²) in [6.45, 7) is 7.42. The number of piperazine rings is 1. The first-order valence-corrected chi connectivity index (χ1v) is 7.01. The number of aromatic nitrogens is 1. The summed E-state index contributed by atoms with van der Waals surface area (Å²) in [5.41, 5.74) is 1.04. The molecule has 2 rings (SSSR count). The zero-order chi connectivity index (χ0) is 14.5. The second kappa shape index (κ2) is 6.56. The molecule has 1 aliphatic heterocycles. The number of carboxylic acid groups (broad SMARTS) is 1. The number of anilines is 2. The van der Waals surface area contributed by atoms with Gasteiger partial charge in [-0.2, -0.15) is 0 Å². The molecule has 2 heterocycles. The summed E-state index contributed by atoms with van der Waals surface area (Å²) in [4.78, 5) is 19.5. The van der Waals surface area contributed by atoms with E-state index in [0.717, 1.165) is 37.7 Å². The molecule has 1 fully saturated rings. The van der Waals surface area contributed by atoms with Gasteiger partial charge in [0.05, 0.1) is 12.2 Å². The molecule has 6 nitrogen and oxygen atoms in total. The van der Waals surface area contributed by atoms with Gasteiger partial charge in [0.15, 0.2) is 5.82 Å². The molecule has 0 bridgehead atoms. The molecule has 0 radical (unpaired) electrons. The third-order valence-corrected chi connectivity index (χ3v) is 3.56. The quantitative estimate of drug-likeness (QED) is 0.841. The van der Waals surface area contributed by atoms with Crippen LogP contribution in [-0.2, 0) is 4.79 Å². The maximum Gasteiger partial charge on any atom is 0.317 e. The summed E-state index contributed by atoms with van der Waals surface area (Å²) in [7, 11) is 0. The van der Waals surface area contributed by atoms with Gasteiger partial charge in [-0.1, -0.05) is 0 Å². The molecule has 1 aromatic heterocycles. The second-order valence-corrected chi connectivity index (χ2v) is 5.06. The predicted octanol–water partition coefficient (Wildman–Crippen LogP) is 1.11. The van der Waals surface area contributed by atoms with Crippen molar-refractivity contribution in [2.75, 3.05) is 42.9 Å². The average molecular weight is 278 g/mol. The Bertz CT molecular complexity index is 466. The SMILES string of the molecule is CCNc1cccnc1N1CCN(CC(=O)O)C(C)C1. The minimum absolute atomic E-state index is 0.108. The minimum atomic E-state index is -0.767. The molecule has 0 aliphatic carbocycles. The lowest BCUT2D eigenvalue weighted by Crippen LogP contribution is -2.53. The molecule has 1 aromatic rings. The van der Waals surface area contributed by atoms with Crippen LogP contribution in [-0.4, -0.2) is 59.7 Å². The number of carbonyl (C=O) groups is 1. The topological polar surface area (TPSA) is 68.7 Å². The number of nitrogens with one attached hydrogen (secondary N) is 1. The van der Waals surface area contributed by atoms with E-state index in [9.17, 15) is 4.79 Å². The van der Waals surface area contributed by atoms with Gasteiger partial charge in [0.1, 0.15) is 0 Å². The monoisotopic (exact) mass is 278 g/mol. The first kappa shape index (κ1) is 14.6. The van der Waals surface area contributed by atoms with Gasteiger partial charge in [-0.15, -0.1) is 0 Å². The Labute approximate surface area is 119 Å². The number of hydrogen-bond donors (Lipinski definition) is 2. The van der Waals surface area contributed by atoms with Crippen LogP contribution in [0.1, 0.15) is 13.8 Å². The maximum atomic E-state index is 10.8. The highest BCUT2D eigenvalue weighted by Crippen LogP contribution is 2.25. The Morgan fingerprint density at radius 1 is 1.55 bits per heavy atom. The van der Waals surface area contributed by atoms with Crippen LogP contribution >= 0.6 is 0 Å². The van der Waals surface area contributed by atoms with Crippen molar-refractivity contribution >= 4 is 17.5 Å². The Balaban J connectivity index is 2.07. The number of carboxylic acids is 1. The van der Waals surface area contributed by atoms with Gasteiger partial charge in [-0.25, -0.2) is 4.98 Å². The summed E-state index contributed by atoms with van der Waals surface area (Å²) in [5, 5.41) is 12.2. The Morgan fingerprint density at radius 2 is 2.35 bits per heavy atom. The van der Waals surface area contributed by atoms with Gasteiger partial charge in [-0.05, 0) is 26.0 Å². The van der Waals surface area contributed by atoms with Crippen molar-refractivity contribution in [2.24, 2.45) is 0 Å². The fourth-order valence-corrected chi connectivity index (χ4v) is 2.57. The molecule has 1 unspecified atom stereocenters. The molecular weight excluding hydrogens is 256 g/mol. The van der Waals surface area contributed by atoms with E-state index < -0.39 is 5.97 Å². The number of pyridine rings is 1. The normalized spacial score (nSPS) is 19.9. The molecule has 0 saturated carbocycles. The van der Waals surface area contributed by atoms with Gasteiger partial charge in [0, 0.05) is 38.4 Å². The maximum absolute atomic E-state index is 10.8. The lowest BCUT2D eigenvalue weighted by molar-refractivity contribution is -0.138. The van der Waals surface area contributed by atoms with Crippen LogP contribution in [0.15, 0.2) is 18.3 Å². The van der Waals surface area contributed by atoms with Crippen LogP contribution in [0.3, 0.4) is 0 Å². The number of rotatable bonds is 5. The van der Waals surface area contributed by atoms with Crippen LogP contribution in [0, 0.1) is 0 Å². The van der Waals surface area contributed by atoms with Crippen LogP contribution in [0.25, 0.3) is 0 Å². The van der Waals surface area contributed by atoms with Crippen LogP contribution < -0.4 is 10.2 Å². The van der Waals surface area contributed by atoms with E-state index in [4.69, 9.17) is 5.11 Å². The van der Waals surface area contributed by atoms with Gasteiger partial charge >= 0.3 is 5.97 Å². The van der Waals surface area contributed by atoms with Crippen molar-refractivity contribution in [1.29, 1.82) is 0 Å². The lowest BCUT2D eigenvalue weighted by Gasteiger charge is -2.40. The van der Waals surface area contributed by atoms with E-state index in [1.165, 1.54) is 0 Å². The fraction of sp³-hybridized carbons (Fsp3) is 0.571. The van der Waals surface area contributed by atoms with Crippen molar-refractivity contribution < 1.29 is 9.90 Å². The van der Waals surface area contributed by atoms with E-state index in [2.05, 4.69) is 29.0 Å². The highest BCUT2D eigenvalue weighted by Gasteiger charge is 2.26. The smallest absolute Gasteiger partial charge is 0.317 e. The first-order chi connectivity index (χ1) is 9.61. The van der Waals surface area contributed by atoms with Gasteiger partial charge in [0.2, 0.25) is 0 Å². The first-order valence-electron chi connectivity index (χ1n) is 7.01. The molecule has 2 N–H and O–H groups in total. The van der Waals surface area contributed by atoms with Crippen LogP contribution in [0.5, 0.6) is 0 Å². The van der Waals surface area contributed by atoms with Gasteiger partial charge in [-0.3, -0.25) is 9.69 Å². The Morgan fingerprint density at radius 3 is 3.00 bits per heavy atom. The molecule has 6 heteroatoms. The number of nitrogens with zero attached hydrogens (tertiary/aromatic N) is 3. The summed E-state index contributed by atoms with van der Waals surface area (Å²) < 4.78 is 0. The van der Waals surface area contributed by atoms with Gasteiger partial charge < -0.3 is 15.3 Å². The molecule has 0 spiro atoms. The number of hydrogen-bond acceptors (Lipinski definition) is 5. The largest absolute Gasteiger partial charge is 0.480 e. The molecule has 1 atom stereocenters. The van der Waals surface area contributed by atoms with E-state index in [0.29, 0.717) is 0 Å². The van der Waals surface area contributed by atoms with Crippen LogP contribution in [0.4, 0.5) is 11.5 Å². The van der Waals surface area contributed by atoms with E-state index in [1.807, 2.05) is 17.0 Å². The van der Waals surface area contributed by atoms with E-state index in [-0.39, 0.29) is 12.6 Å². The summed E-state index contributed by atoms with van der Waals surface area (Å²) in [5.74, 6) is 0.188. The molecule has 110 valence electrons. The summed E-state index contributed by atoms with van der Waals surface area (Å²) in [6, 6.07) is 4.16. The molecule has 20 heavy (non-hydrogen) atoms. The summed E-state index contributed by atoms with van der Waals surface area (Å²) in [6.07, 6.45) is 1.80. The second-order valence-electron chi connectivity index (χ2n) is 5.06. The standard InChI is InChI=1S/C14H22N4O2/c1-3-15-12-5-4-6-16-14(12)18-8-7-17(10-13(19)20)11(2)9-18/h4-6,11,15H,3,7-10H2,1-2H3,(H,19,20). The number of aliphatic carboxylic acids is 1. The van der Waals surface area contributed by atoms with Crippen molar-refractivity contribution in [3.05, 3.63) is 18.3 Å². The van der Waals surface area contributed by atoms with Crippen molar-refractivity contribution in [3.8, 4) is 0 Å². The average Bonchev–Trinajstić information content (AvgIpc) is 2.42. The highest BCUT2D eigenvalue weighted by molar-refractivity contribution is 5.69. The zero-order valence-corrected chi connectivity index (χ0v) is 12.0. The fourth-order valence-electron chi connectivity index (χ4n) is 2.57. The van der Waals surface area contributed by atoms with Crippen molar-refractivity contribution in [3.63, 3.8) is 0 Å². The van der Waals surface area contributed by atoms with E-state index in [1.54, 1.807) is 6.20 Å².